The number of aromatic nitrogens is 4. The summed E-state index contributed by atoms with van der Waals surface area (Å²) in [6, 6.07) is 7.73. The maximum absolute atomic E-state index is 13.5. The van der Waals surface area contributed by atoms with E-state index in [0.717, 1.165) is 23.3 Å². The summed E-state index contributed by atoms with van der Waals surface area (Å²) in [5.41, 5.74) is 3.41. The zero-order chi connectivity index (χ0) is 28.6. The number of carboxylic acids is 2. The molecular weight excluding hydrogens is 526 g/mol. The Hall–Kier alpha value is -4.78. The summed E-state index contributed by atoms with van der Waals surface area (Å²) in [6.07, 6.45) is 2.44. The number of benzene rings is 2. The maximum Gasteiger partial charge on any atom is 0.335 e. The lowest BCUT2D eigenvalue weighted by Crippen LogP contribution is -2.33. The van der Waals surface area contributed by atoms with Crippen molar-refractivity contribution in [3.63, 3.8) is 0 Å². The quantitative estimate of drug-likeness (QED) is 0.286. The number of carbonyl (C=O) groups is 3. The van der Waals surface area contributed by atoms with Gasteiger partial charge >= 0.3 is 11.9 Å². The van der Waals surface area contributed by atoms with Crippen LogP contribution in [-0.4, -0.2) is 59.1 Å². The topological polar surface area (TPSA) is 150 Å². The van der Waals surface area contributed by atoms with E-state index in [-0.39, 0.29) is 42.7 Å². The van der Waals surface area contributed by atoms with Crippen LogP contribution in [0.4, 0.5) is 8.78 Å². The number of carboxylic acid groups (broad SMARTS) is 2. The first kappa shape index (κ1) is 26.8. The molecule has 13 heteroatoms. The zero-order valence-corrected chi connectivity index (χ0v) is 21.3. The molecule has 0 spiro atoms. The van der Waals surface area contributed by atoms with Gasteiger partial charge in [-0.3, -0.25) is 14.5 Å². The third-order valence-corrected chi connectivity index (χ3v) is 7.03. The molecule has 0 radical (unpaired) electrons. The number of carbonyl (C=O) groups excluding carboxylic acids is 1. The lowest BCUT2D eigenvalue weighted by Gasteiger charge is -2.28. The highest BCUT2D eigenvalue weighted by Crippen LogP contribution is 2.39. The van der Waals surface area contributed by atoms with Crippen LogP contribution in [0.5, 0.6) is 0 Å². The Morgan fingerprint density at radius 2 is 1.93 bits per heavy atom. The van der Waals surface area contributed by atoms with Crippen molar-refractivity contribution in [3.05, 3.63) is 93.6 Å². The molecule has 206 valence electrons. The molecule has 0 aliphatic heterocycles. The van der Waals surface area contributed by atoms with E-state index in [1.165, 1.54) is 29.0 Å². The third kappa shape index (κ3) is 5.23. The second-order valence-corrected chi connectivity index (χ2v) is 9.50. The Labute approximate surface area is 226 Å². The van der Waals surface area contributed by atoms with Crippen LogP contribution in [0.3, 0.4) is 0 Å². The smallest absolute Gasteiger partial charge is 0.335 e. The largest absolute Gasteiger partial charge is 0.480 e. The number of hydrogen-bond acceptors (Lipinski definition) is 7. The lowest BCUT2D eigenvalue weighted by atomic mass is 9.97. The molecule has 2 aromatic carbocycles. The first-order chi connectivity index (χ1) is 19.1. The van der Waals surface area contributed by atoms with Crippen molar-refractivity contribution in [1.29, 1.82) is 0 Å². The van der Waals surface area contributed by atoms with Crippen LogP contribution in [0.25, 0.3) is 5.78 Å². The van der Waals surface area contributed by atoms with Crippen molar-refractivity contribution < 1.29 is 33.4 Å². The molecule has 0 unspecified atom stereocenters. The van der Waals surface area contributed by atoms with Gasteiger partial charge in [0.15, 0.2) is 11.6 Å². The number of halogens is 2. The number of aromatic carboxylic acids is 1. The van der Waals surface area contributed by atoms with Crippen molar-refractivity contribution in [3.8, 4) is 0 Å². The molecule has 2 aromatic heterocycles. The van der Waals surface area contributed by atoms with E-state index in [9.17, 15) is 33.4 Å². The molecule has 0 saturated heterocycles. The van der Waals surface area contributed by atoms with Gasteiger partial charge in [-0.2, -0.15) is 10.1 Å². The molecule has 0 bridgehead atoms. The zero-order valence-electron chi connectivity index (χ0n) is 21.3. The molecule has 1 aliphatic rings. The van der Waals surface area contributed by atoms with Gasteiger partial charge in [0.05, 0.1) is 17.8 Å². The molecule has 1 amide bonds. The fourth-order valence-corrected chi connectivity index (χ4v) is 5.15. The molecule has 3 N–H and O–H groups in total. The first-order valence-electron chi connectivity index (χ1n) is 12.4. The first-order valence-corrected chi connectivity index (χ1v) is 12.4. The van der Waals surface area contributed by atoms with Gasteiger partial charge in [0.1, 0.15) is 12.0 Å². The predicted molar refractivity (Wildman–Crippen MR) is 136 cm³/mol. The monoisotopic (exact) mass is 550 g/mol. The minimum absolute atomic E-state index is 0.0119. The number of nitrogens with one attached hydrogen (secondary N) is 1. The number of rotatable bonds is 9. The van der Waals surface area contributed by atoms with Gasteiger partial charge in [-0.1, -0.05) is 12.1 Å². The number of fused-ring (bicyclic) bond motifs is 2. The Balaban J connectivity index is 1.43. The fraction of sp³-hybridized carbons (Fsp3) is 0.259. The number of hydrogen-bond donors (Lipinski definition) is 3. The van der Waals surface area contributed by atoms with Crippen molar-refractivity contribution >= 4 is 23.6 Å². The van der Waals surface area contributed by atoms with Crippen LogP contribution >= 0.6 is 0 Å². The lowest BCUT2D eigenvalue weighted by molar-refractivity contribution is -0.139. The van der Waals surface area contributed by atoms with Gasteiger partial charge < -0.3 is 15.5 Å². The maximum atomic E-state index is 13.5. The summed E-state index contributed by atoms with van der Waals surface area (Å²) in [7, 11) is 0. The molecule has 5 rings (SSSR count). The summed E-state index contributed by atoms with van der Waals surface area (Å²) in [5.74, 6) is -4.57. The van der Waals surface area contributed by atoms with E-state index in [4.69, 9.17) is 0 Å². The highest BCUT2D eigenvalue weighted by atomic mass is 19.2. The van der Waals surface area contributed by atoms with Gasteiger partial charge in [0.2, 0.25) is 0 Å². The molecular formula is C27H24F2N6O5. The van der Waals surface area contributed by atoms with Gasteiger partial charge in [-0.05, 0) is 66.3 Å². The van der Waals surface area contributed by atoms with E-state index in [2.05, 4.69) is 20.4 Å². The Morgan fingerprint density at radius 1 is 1.12 bits per heavy atom. The summed E-state index contributed by atoms with van der Waals surface area (Å²) >= 11 is 0. The summed E-state index contributed by atoms with van der Waals surface area (Å²) in [4.78, 5) is 46.4. The minimum Gasteiger partial charge on any atom is -0.480 e. The average Bonchev–Trinajstić information content (AvgIpc) is 3.56. The second-order valence-electron chi connectivity index (χ2n) is 9.50. The van der Waals surface area contributed by atoms with Crippen LogP contribution in [0, 0.1) is 18.6 Å². The van der Waals surface area contributed by atoms with Gasteiger partial charge in [0.25, 0.3) is 11.7 Å². The molecule has 2 heterocycles. The Kier molecular flexibility index (Phi) is 7.22. The Morgan fingerprint density at radius 3 is 2.65 bits per heavy atom. The average molecular weight is 551 g/mol. The van der Waals surface area contributed by atoms with Crippen LogP contribution < -0.4 is 5.32 Å². The van der Waals surface area contributed by atoms with Crippen molar-refractivity contribution in [2.24, 2.45) is 0 Å². The number of aliphatic carboxylic acids is 1. The van der Waals surface area contributed by atoms with E-state index < -0.39 is 29.5 Å². The van der Waals surface area contributed by atoms with Crippen molar-refractivity contribution in [2.75, 3.05) is 6.54 Å². The predicted octanol–water partition coefficient (Wildman–Crippen LogP) is 2.91. The van der Waals surface area contributed by atoms with Crippen molar-refractivity contribution in [2.45, 2.75) is 38.9 Å². The summed E-state index contributed by atoms with van der Waals surface area (Å²) in [6.45, 7) is 1.42. The SMILES string of the molecule is Cc1c(C(=O)O)ccc2c1CC[C@@H]2N(CC(=O)O)Cc1cc(C(=O)NCc2ccc(F)c(F)c2)nc2ncnn12. The van der Waals surface area contributed by atoms with E-state index in [0.29, 0.717) is 29.7 Å². The minimum atomic E-state index is -1.05. The molecule has 0 fully saturated rings. The summed E-state index contributed by atoms with van der Waals surface area (Å²) < 4.78 is 28.2. The molecule has 0 saturated carbocycles. The molecule has 4 aromatic rings. The standard InChI is InChI=1S/C27H24F2N6O5/c1-14-17-5-7-23(19(17)4-3-18(14)26(39)40)34(12-24(36)37)11-16-9-22(33-27-31-13-32-35(16)27)25(38)30-10-15-2-6-20(28)21(29)8-15/h2-4,6,8-9,13,23H,5,7,10-12H2,1H3,(H,30,38)(H,36,37)(H,39,40)/t23-/m0/s1. The van der Waals surface area contributed by atoms with E-state index >= 15 is 0 Å². The van der Waals surface area contributed by atoms with Crippen molar-refractivity contribution in [1.82, 2.24) is 29.8 Å². The highest BCUT2D eigenvalue weighted by molar-refractivity contribution is 5.92. The molecule has 1 atom stereocenters. The van der Waals surface area contributed by atoms with Crippen LogP contribution in [-0.2, 0) is 24.3 Å². The molecule has 11 nitrogen and oxygen atoms in total. The highest BCUT2D eigenvalue weighted by Gasteiger charge is 2.32. The summed E-state index contributed by atoms with van der Waals surface area (Å²) in [5, 5.41) is 26.0. The van der Waals surface area contributed by atoms with E-state index in [1.807, 2.05) is 0 Å². The molecule has 40 heavy (non-hydrogen) atoms. The van der Waals surface area contributed by atoms with Crippen LogP contribution in [0.2, 0.25) is 0 Å². The third-order valence-electron chi connectivity index (χ3n) is 7.03. The fourth-order valence-electron chi connectivity index (χ4n) is 5.15. The van der Waals surface area contributed by atoms with E-state index in [1.54, 1.807) is 17.9 Å². The van der Waals surface area contributed by atoms with Gasteiger partial charge in [0, 0.05) is 19.1 Å². The second kappa shape index (κ2) is 10.8. The number of amides is 1. The van der Waals surface area contributed by atoms with Gasteiger partial charge in [-0.25, -0.2) is 23.1 Å². The van der Waals surface area contributed by atoms with Crippen LogP contribution in [0.15, 0.2) is 42.7 Å². The Bertz CT molecular complexity index is 1660. The molecule has 1 aliphatic carbocycles. The number of nitrogens with zero attached hydrogens (tertiary/aromatic N) is 5. The van der Waals surface area contributed by atoms with Gasteiger partial charge in [-0.15, -0.1) is 0 Å². The van der Waals surface area contributed by atoms with Crippen LogP contribution in [0.1, 0.15) is 61.3 Å². The normalized spacial score (nSPS) is 14.4.